The van der Waals surface area contributed by atoms with E-state index in [9.17, 15) is 9.90 Å². The Bertz CT molecular complexity index is 230. The van der Waals surface area contributed by atoms with E-state index < -0.39 is 11.6 Å². The maximum absolute atomic E-state index is 11.2. The molecule has 1 atom stereocenters. The van der Waals surface area contributed by atoms with Crippen LogP contribution >= 0.6 is 0 Å². The van der Waals surface area contributed by atoms with Gasteiger partial charge in [-0.05, 0) is 19.8 Å². The highest BCUT2D eigenvalue weighted by Gasteiger charge is 2.33. The maximum Gasteiger partial charge on any atom is 0.335 e. The molecular formula is C15H30O4. The van der Waals surface area contributed by atoms with E-state index in [1.54, 1.807) is 6.92 Å². The van der Waals surface area contributed by atoms with Crippen LogP contribution in [0.2, 0.25) is 0 Å². The van der Waals surface area contributed by atoms with Crippen LogP contribution in [0, 0.1) is 0 Å². The van der Waals surface area contributed by atoms with E-state index in [2.05, 4.69) is 6.92 Å². The van der Waals surface area contributed by atoms with Gasteiger partial charge in [0.05, 0.1) is 0 Å². The van der Waals surface area contributed by atoms with E-state index in [1.165, 1.54) is 45.6 Å². The van der Waals surface area contributed by atoms with Gasteiger partial charge in [0, 0.05) is 7.11 Å². The van der Waals surface area contributed by atoms with Gasteiger partial charge < -0.3 is 14.6 Å². The first-order valence-corrected chi connectivity index (χ1v) is 7.43. The molecule has 0 saturated carbocycles. The molecule has 0 amide bonds. The molecule has 0 aliphatic carbocycles. The molecule has 0 rings (SSSR count). The average molecular weight is 274 g/mol. The summed E-state index contributed by atoms with van der Waals surface area (Å²) in [6, 6.07) is 0. The van der Waals surface area contributed by atoms with Crippen molar-refractivity contribution in [3.63, 3.8) is 0 Å². The van der Waals surface area contributed by atoms with Crippen molar-refractivity contribution in [1.82, 2.24) is 0 Å². The Hall–Kier alpha value is -0.610. The van der Waals surface area contributed by atoms with Crippen LogP contribution in [0.1, 0.15) is 71.6 Å². The second-order valence-corrected chi connectivity index (χ2v) is 5.31. The monoisotopic (exact) mass is 274 g/mol. The van der Waals surface area contributed by atoms with Crippen molar-refractivity contribution < 1.29 is 19.4 Å². The van der Waals surface area contributed by atoms with Crippen LogP contribution in [-0.4, -0.2) is 30.6 Å². The molecule has 0 aromatic rings. The summed E-state index contributed by atoms with van der Waals surface area (Å²) in [4.78, 5) is 11.2. The summed E-state index contributed by atoms with van der Waals surface area (Å²) in [5, 5.41) is 9.18. The zero-order valence-electron chi connectivity index (χ0n) is 12.7. The number of unbranched alkanes of at least 4 members (excludes halogenated alkanes) is 7. The fourth-order valence-corrected chi connectivity index (χ4v) is 2.03. The first-order valence-electron chi connectivity index (χ1n) is 7.43. The summed E-state index contributed by atoms with van der Waals surface area (Å²) in [5.41, 5.74) is -1.11. The number of aliphatic carboxylic acids is 1. The quantitative estimate of drug-likeness (QED) is 0.407. The second-order valence-electron chi connectivity index (χ2n) is 5.31. The highest BCUT2D eigenvalue weighted by molar-refractivity contribution is 5.76. The summed E-state index contributed by atoms with van der Waals surface area (Å²) in [5.74, 6) is -0.910. The minimum absolute atomic E-state index is 0.0276. The molecule has 0 aromatic heterocycles. The van der Waals surface area contributed by atoms with E-state index in [-0.39, 0.29) is 6.79 Å². The summed E-state index contributed by atoms with van der Waals surface area (Å²) in [6.45, 7) is 3.86. The van der Waals surface area contributed by atoms with Crippen LogP contribution in [0.5, 0.6) is 0 Å². The van der Waals surface area contributed by atoms with Crippen LogP contribution < -0.4 is 0 Å². The third-order valence-electron chi connectivity index (χ3n) is 3.46. The van der Waals surface area contributed by atoms with Gasteiger partial charge in [-0.1, -0.05) is 51.9 Å². The molecule has 0 fully saturated rings. The van der Waals surface area contributed by atoms with E-state index in [4.69, 9.17) is 9.47 Å². The lowest BCUT2D eigenvalue weighted by Gasteiger charge is -2.24. The first kappa shape index (κ1) is 18.4. The molecule has 4 nitrogen and oxygen atoms in total. The van der Waals surface area contributed by atoms with Crippen molar-refractivity contribution >= 4 is 5.97 Å². The van der Waals surface area contributed by atoms with Crippen LogP contribution in [0.15, 0.2) is 0 Å². The number of hydrogen-bond donors (Lipinski definition) is 1. The molecule has 4 heteroatoms. The number of methoxy groups -OCH3 is 1. The van der Waals surface area contributed by atoms with Gasteiger partial charge in [0.1, 0.15) is 6.79 Å². The van der Waals surface area contributed by atoms with Crippen LogP contribution in [0.4, 0.5) is 0 Å². The zero-order chi connectivity index (χ0) is 14.6. The van der Waals surface area contributed by atoms with E-state index in [1.807, 2.05) is 0 Å². The first-order chi connectivity index (χ1) is 9.06. The summed E-state index contributed by atoms with van der Waals surface area (Å²) in [7, 11) is 1.50. The van der Waals surface area contributed by atoms with Gasteiger partial charge >= 0.3 is 5.97 Å². The van der Waals surface area contributed by atoms with Gasteiger partial charge in [-0.15, -0.1) is 0 Å². The zero-order valence-corrected chi connectivity index (χ0v) is 12.7. The molecule has 1 N–H and O–H groups in total. The van der Waals surface area contributed by atoms with Crippen molar-refractivity contribution in [3.8, 4) is 0 Å². The van der Waals surface area contributed by atoms with Crippen molar-refractivity contribution in [2.75, 3.05) is 13.9 Å². The smallest absolute Gasteiger partial charge is 0.335 e. The van der Waals surface area contributed by atoms with Gasteiger partial charge in [-0.2, -0.15) is 0 Å². The predicted octanol–water partition coefficient (Wildman–Crippen LogP) is 3.98. The largest absolute Gasteiger partial charge is 0.479 e. The van der Waals surface area contributed by atoms with Crippen LogP contribution in [-0.2, 0) is 14.3 Å². The molecule has 0 aromatic carbocycles. The molecule has 0 heterocycles. The minimum Gasteiger partial charge on any atom is -0.479 e. The van der Waals surface area contributed by atoms with Gasteiger partial charge in [0.25, 0.3) is 0 Å². The Balaban J connectivity index is 3.67. The number of carboxylic acid groups (broad SMARTS) is 1. The SMILES string of the molecule is CCCCCCCCCCC(C)(OCOC)C(=O)O. The Morgan fingerprint density at radius 1 is 1.05 bits per heavy atom. The predicted molar refractivity (Wildman–Crippen MR) is 76.2 cm³/mol. The standard InChI is InChI=1S/C15H30O4/c1-4-5-6-7-8-9-10-11-12-15(2,14(16)17)19-13-18-3/h4-13H2,1-3H3,(H,16,17). The Morgan fingerprint density at radius 3 is 2.05 bits per heavy atom. The van der Waals surface area contributed by atoms with E-state index in [0.29, 0.717) is 6.42 Å². The van der Waals surface area contributed by atoms with E-state index >= 15 is 0 Å². The minimum atomic E-state index is -1.11. The molecule has 0 aliphatic rings. The molecule has 0 radical (unpaired) electrons. The Labute approximate surface area is 117 Å². The molecule has 0 aliphatic heterocycles. The summed E-state index contributed by atoms with van der Waals surface area (Å²) < 4.78 is 10.1. The molecular weight excluding hydrogens is 244 g/mol. The highest BCUT2D eigenvalue weighted by atomic mass is 16.7. The number of ether oxygens (including phenoxy) is 2. The summed E-state index contributed by atoms with van der Waals surface area (Å²) in [6.07, 6.45) is 10.2. The van der Waals surface area contributed by atoms with Crippen molar-refractivity contribution in [1.29, 1.82) is 0 Å². The number of rotatable bonds is 13. The molecule has 0 saturated heterocycles. The molecule has 0 bridgehead atoms. The van der Waals surface area contributed by atoms with Gasteiger partial charge in [-0.3, -0.25) is 0 Å². The van der Waals surface area contributed by atoms with Crippen molar-refractivity contribution in [2.24, 2.45) is 0 Å². The fourth-order valence-electron chi connectivity index (χ4n) is 2.03. The van der Waals surface area contributed by atoms with Crippen molar-refractivity contribution in [3.05, 3.63) is 0 Å². The number of carboxylic acids is 1. The third kappa shape index (κ3) is 9.00. The van der Waals surface area contributed by atoms with Gasteiger partial charge in [0.2, 0.25) is 0 Å². The second kappa shape index (κ2) is 11.2. The van der Waals surface area contributed by atoms with Crippen LogP contribution in [0.25, 0.3) is 0 Å². The molecule has 1 unspecified atom stereocenters. The highest BCUT2D eigenvalue weighted by Crippen LogP contribution is 2.20. The fraction of sp³-hybridized carbons (Fsp3) is 0.933. The average Bonchev–Trinajstić information content (AvgIpc) is 2.39. The maximum atomic E-state index is 11.2. The number of hydrogen-bond acceptors (Lipinski definition) is 3. The Kier molecular flexibility index (Phi) is 10.9. The lowest BCUT2D eigenvalue weighted by atomic mass is 9.97. The third-order valence-corrected chi connectivity index (χ3v) is 3.46. The molecule has 0 spiro atoms. The van der Waals surface area contributed by atoms with Gasteiger partial charge in [0.15, 0.2) is 5.60 Å². The summed E-state index contributed by atoms with van der Waals surface area (Å²) >= 11 is 0. The Morgan fingerprint density at radius 2 is 1.58 bits per heavy atom. The molecule has 19 heavy (non-hydrogen) atoms. The topological polar surface area (TPSA) is 55.8 Å². The normalized spacial score (nSPS) is 14.3. The number of carbonyl (C=O) groups is 1. The lowest BCUT2D eigenvalue weighted by molar-refractivity contribution is -0.179. The van der Waals surface area contributed by atoms with E-state index in [0.717, 1.165) is 12.8 Å². The lowest BCUT2D eigenvalue weighted by Crippen LogP contribution is -2.38. The van der Waals surface area contributed by atoms with Crippen molar-refractivity contribution in [2.45, 2.75) is 77.2 Å². The molecule has 114 valence electrons. The van der Waals surface area contributed by atoms with Crippen LogP contribution in [0.3, 0.4) is 0 Å². The van der Waals surface area contributed by atoms with Gasteiger partial charge in [-0.25, -0.2) is 4.79 Å².